The summed E-state index contributed by atoms with van der Waals surface area (Å²) >= 11 is 0. The van der Waals surface area contributed by atoms with Crippen LogP contribution in [-0.2, 0) is 4.74 Å². The van der Waals surface area contributed by atoms with Crippen LogP contribution in [0.3, 0.4) is 0 Å². The van der Waals surface area contributed by atoms with Crippen LogP contribution in [-0.4, -0.2) is 50.5 Å². The Morgan fingerprint density at radius 2 is 1.61 bits per heavy atom. The van der Waals surface area contributed by atoms with Crippen LogP contribution in [0, 0.1) is 13.8 Å². The first-order valence-corrected chi connectivity index (χ1v) is 8.46. The Hall–Kier alpha value is -3.29. The molecule has 0 aliphatic carbocycles. The number of ketones is 2. The minimum absolute atomic E-state index is 0.0942. The topological polar surface area (TPSA) is 104 Å². The van der Waals surface area contributed by atoms with Crippen LogP contribution in [0.25, 0.3) is 0 Å². The van der Waals surface area contributed by atoms with Gasteiger partial charge in [-0.1, -0.05) is 0 Å². The van der Waals surface area contributed by atoms with Gasteiger partial charge in [0.2, 0.25) is 11.5 Å². The van der Waals surface area contributed by atoms with Crippen molar-refractivity contribution in [1.82, 2.24) is 4.98 Å². The maximum absolute atomic E-state index is 12.5. The number of methoxy groups -OCH3 is 3. The standard InChI is InChI=1S/C20H23NO7/c1-10-16(12(3)22)11(2)21-17(10)14(23)9-28-20(24)13-7-8-15(25-4)19(27-6)18(13)26-5/h7-8,21H,9H2,1-6H3. The number of esters is 1. The van der Waals surface area contributed by atoms with Crippen LogP contribution in [0.4, 0.5) is 0 Å². The Morgan fingerprint density at radius 1 is 0.964 bits per heavy atom. The highest BCUT2D eigenvalue weighted by Gasteiger charge is 2.24. The van der Waals surface area contributed by atoms with Gasteiger partial charge in [-0.15, -0.1) is 0 Å². The SMILES string of the molecule is COc1ccc(C(=O)OCC(=O)c2[nH]c(C)c(C(C)=O)c2C)c(OC)c1OC. The maximum atomic E-state index is 12.5. The number of benzene rings is 1. The van der Waals surface area contributed by atoms with Gasteiger partial charge in [-0.2, -0.15) is 0 Å². The predicted octanol–water partition coefficient (Wildman–Crippen LogP) is 2.90. The third kappa shape index (κ3) is 3.85. The first kappa shape index (κ1) is 21.0. The molecule has 1 aromatic heterocycles. The average Bonchev–Trinajstić information content (AvgIpc) is 2.98. The molecule has 0 radical (unpaired) electrons. The molecule has 0 spiro atoms. The van der Waals surface area contributed by atoms with Gasteiger partial charge < -0.3 is 23.9 Å². The molecule has 0 aliphatic heterocycles. The molecule has 0 aliphatic rings. The number of Topliss-reactive ketones (excluding diaryl/α,β-unsaturated/α-hetero) is 2. The van der Waals surface area contributed by atoms with E-state index < -0.39 is 18.4 Å². The van der Waals surface area contributed by atoms with E-state index in [1.165, 1.54) is 40.4 Å². The molecule has 0 saturated carbocycles. The lowest BCUT2D eigenvalue weighted by molar-refractivity contribution is 0.0469. The number of nitrogens with one attached hydrogen (secondary N) is 1. The summed E-state index contributed by atoms with van der Waals surface area (Å²) in [7, 11) is 4.26. The Balaban J connectivity index is 2.22. The molecule has 0 amide bonds. The summed E-state index contributed by atoms with van der Waals surface area (Å²) in [6, 6.07) is 3.00. The lowest BCUT2D eigenvalue weighted by Crippen LogP contribution is -2.16. The highest BCUT2D eigenvalue weighted by atomic mass is 16.5. The normalized spacial score (nSPS) is 10.4. The molecule has 0 bridgehead atoms. The minimum atomic E-state index is -0.751. The van der Waals surface area contributed by atoms with E-state index in [0.717, 1.165) is 0 Å². The molecule has 1 aromatic carbocycles. The van der Waals surface area contributed by atoms with Crippen molar-refractivity contribution in [1.29, 1.82) is 0 Å². The highest BCUT2D eigenvalue weighted by Crippen LogP contribution is 2.39. The fraction of sp³-hybridized carbons (Fsp3) is 0.350. The number of H-pyrrole nitrogens is 1. The van der Waals surface area contributed by atoms with Crippen LogP contribution in [0.1, 0.15) is 49.4 Å². The molecule has 0 atom stereocenters. The fourth-order valence-electron chi connectivity index (χ4n) is 3.10. The number of ether oxygens (including phenoxy) is 4. The number of carbonyl (C=O) groups is 3. The van der Waals surface area contributed by atoms with Gasteiger partial charge in [0.25, 0.3) is 0 Å². The minimum Gasteiger partial charge on any atom is -0.493 e. The molecule has 1 heterocycles. The summed E-state index contributed by atoms with van der Waals surface area (Å²) in [6.07, 6.45) is 0. The van der Waals surface area contributed by atoms with E-state index in [1.807, 2.05) is 0 Å². The number of aromatic nitrogens is 1. The first-order valence-electron chi connectivity index (χ1n) is 8.46. The molecule has 0 saturated heterocycles. The van der Waals surface area contributed by atoms with Gasteiger partial charge in [0, 0.05) is 11.3 Å². The van der Waals surface area contributed by atoms with Gasteiger partial charge in [-0.3, -0.25) is 9.59 Å². The van der Waals surface area contributed by atoms with E-state index >= 15 is 0 Å². The molecule has 28 heavy (non-hydrogen) atoms. The maximum Gasteiger partial charge on any atom is 0.342 e. The highest BCUT2D eigenvalue weighted by molar-refractivity contribution is 6.04. The lowest BCUT2D eigenvalue weighted by atomic mass is 10.1. The van der Waals surface area contributed by atoms with Crippen molar-refractivity contribution < 1.29 is 33.3 Å². The van der Waals surface area contributed by atoms with Crippen LogP contribution in [0.2, 0.25) is 0 Å². The molecular formula is C20H23NO7. The predicted molar refractivity (Wildman–Crippen MR) is 101 cm³/mol. The smallest absolute Gasteiger partial charge is 0.342 e. The summed E-state index contributed by atoms with van der Waals surface area (Å²) in [5.41, 5.74) is 1.94. The summed E-state index contributed by atoms with van der Waals surface area (Å²) in [5.74, 6) is -0.559. The van der Waals surface area contributed by atoms with Crippen molar-refractivity contribution >= 4 is 17.5 Å². The van der Waals surface area contributed by atoms with Gasteiger partial charge in [0.1, 0.15) is 5.56 Å². The van der Waals surface area contributed by atoms with E-state index in [4.69, 9.17) is 18.9 Å². The summed E-state index contributed by atoms with van der Waals surface area (Å²) in [5, 5.41) is 0. The second kappa shape index (κ2) is 8.60. The number of carbonyl (C=O) groups excluding carboxylic acids is 3. The van der Waals surface area contributed by atoms with Crippen LogP contribution in [0.5, 0.6) is 17.2 Å². The third-order valence-electron chi connectivity index (χ3n) is 4.33. The summed E-state index contributed by atoms with van der Waals surface area (Å²) < 4.78 is 20.8. The Kier molecular flexibility index (Phi) is 6.45. The molecule has 2 rings (SSSR count). The zero-order valence-corrected chi connectivity index (χ0v) is 16.7. The van der Waals surface area contributed by atoms with Crippen molar-refractivity contribution in [3.63, 3.8) is 0 Å². The van der Waals surface area contributed by atoms with Gasteiger partial charge in [-0.25, -0.2) is 4.79 Å². The van der Waals surface area contributed by atoms with Crippen molar-refractivity contribution in [2.24, 2.45) is 0 Å². The molecular weight excluding hydrogens is 366 g/mol. The monoisotopic (exact) mass is 389 g/mol. The lowest BCUT2D eigenvalue weighted by Gasteiger charge is -2.15. The Morgan fingerprint density at radius 3 is 2.11 bits per heavy atom. The fourth-order valence-corrected chi connectivity index (χ4v) is 3.10. The number of rotatable bonds is 8. The zero-order valence-electron chi connectivity index (χ0n) is 16.7. The Labute approximate surface area is 162 Å². The van der Waals surface area contributed by atoms with Crippen molar-refractivity contribution in [3.05, 3.63) is 40.2 Å². The summed E-state index contributed by atoms with van der Waals surface area (Å²) in [6.45, 7) is 4.32. The van der Waals surface area contributed by atoms with E-state index in [-0.39, 0.29) is 28.5 Å². The van der Waals surface area contributed by atoms with Crippen LogP contribution in [0.15, 0.2) is 12.1 Å². The third-order valence-corrected chi connectivity index (χ3v) is 4.33. The van der Waals surface area contributed by atoms with Crippen LogP contribution < -0.4 is 14.2 Å². The number of hydrogen-bond acceptors (Lipinski definition) is 7. The van der Waals surface area contributed by atoms with Gasteiger partial charge in [0.15, 0.2) is 23.9 Å². The quantitative estimate of drug-likeness (QED) is 0.547. The largest absolute Gasteiger partial charge is 0.493 e. The average molecular weight is 389 g/mol. The van der Waals surface area contributed by atoms with E-state index in [9.17, 15) is 14.4 Å². The van der Waals surface area contributed by atoms with E-state index in [1.54, 1.807) is 13.8 Å². The molecule has 150 valence electrons. The molecule has 0 fully saturated rings. The van der Waals surface area contributed by atoms with E-state index in [0.29, 0.717) is 22.6 Å². The van der Waals surface area contributed by atoms with Crippen molar-refractivity contribution in [2.75, 3.05) is 27.9 Å². The molecule has 1 N–H and O–H groups in total. The molecule has 8 heteroatoms. The number of aromatic amines is 1. The number of aryl methyl sites for hydroxylation is 1. The second-order valence-corrected chi connectivity index (χ2v) is 6.06. The van der Waals surface area contributed by atoms with Gasteiger partial charge in [0.05, 0.1) is 27.0 Å². The van der Waals surface area contributed by atoms with Gasteiger partial charge in [-0.05, 0) is 38.5 Å². The molecule has 8 nitrogen and oxygen atoms in total. The second-order valence-electron chi connectivity index (χ2n) is 6.06. The van der Waals surface area contributed by atoms with Crippen LogP contribution >= 0.6 is 0 Å². The molecule has 2 aromatic rings. The van der Waals surface area contributed by atoms with E-state index in [2.05, 4.69) is 4.98 Å². The number of hydrogen-bond donors (Lipinski definition) is 1. The summed E-state index contributed by atoms with van der Waals surface area (Å²) in [4.78, 5) is 39.5. The zero-order chi connectivity index (χ0) is 21.0. The van der Waals surface area contributed by atoms with Crippen molar-refractivity contribution in [2.45, 2.75) is 20.8 Å². The molecule has 0 unspecified atom stereocenters. The Bertz CT molecular complexity index is 927. The first-order chi connectivity index (χ1) is 13.3. The van der Waals surface area contributed by atoms with Crippen molar-refractivity contribution in [3.8, 4) is 17.2 Å². The van der Waals surface area contributed by atoms with Gasteiger partial charge >= 0.3 is 5.97 Å².